The number of allylic oxidation sites excluding steroid dienone is 4. The first-order valence-electron chi connectivity index (χ1n) is 9.64. The van der Waals surface area contributed by atoms with Gasteiger partial charge in [-0.2, -0.15) is 0 Å². The average molecular weight is 466 g/mol. The van der Waals surface area contributed by atoms with Crippen molar-refractivity contribution in [3.8, 4) is 0 Å². The molecule has 1 heterocycles. The third-order valence-corrected chi connectivity index (χ3v) is 6.66. The molecule has 0 fully saturated rings. The van der Waals surface area contributed by atoms with E-state index in [4.69, 9.17) is 5.73 Å². The third-order valence-electron chi connectivity index (χ3n) is 5.00. The molecule has 2 aromatic rings. The highest BCUT2D eigenvalue weighted by molar-refractivity contribution is 7.94. The molecule has 0 radical (unpaired) electrons. The predicted molar refractivity (Wildman–Crippen MR) is 118 cm³/mol. The molecule has 0 aliphatic rings. The van der Waals surface area contributed by atoms with Crippen molar-refractivity contribution in [3.05, 3.63) is 64.7 Å². The molecule has 172 valence electrons. The minimum atomic E-state index is -4.42. The summed E-state index contributed by atoms with van der Waals surface area (Å²) < 4.78 is 55.0. The summed E-state index contributed by atoms with van der Waals surface area (Å²) in [6.45, 7) is 9.80. The fourth-order valence-electron chi connectivity index (χ4n) is 3.04. The van der Waals surface area contributed by atoms with Gasteiger partial charge in [-0.3, -0.25) is 9.59 Å². The predicted octanol–water partition coefficient (Wildman–Crippen LogP) is 3.50. The van der Waals surface area contributed by atoms with Crippen LogP contribution in [-0.2, 0) is 14.6 Å². The van der Waals surface area contributed by atoms with Gasteiger partial charge in [0, 0.05) is 11.4 Å². The van der Waals surface area contributed by atoms with Gasteiger partial charge >= 0.3 is 0 Å². The number of sulfone groups is 1. The average Bonchev–Trinajstić information content (AvgIpc) is 3.10. The second kappa shape index (κ2) is 9.47. The van der Waals surface area contributed by atoms with Crippen LogP contribution in [-0.4, -0.2) is 31.3 Å². The lowest BCUT2D eigenvalue weighted by molar-refractivity contribution is -0.121. The lowest BCUT2D eigenvalue weighted by Gasteiger charge is -2.18. The molecular formula is C22H25F2N3O4S. The third kappa shape index (κ3) is 5.13. The smallest absolute Gasteiger partial charge is 0.269 e. The summed E-state index contributed by atoms with van der Waals surface area (Å²) in [6.07, 6.45) is 3.05. The zero-order valence-electron chi connectivity index (χ0n) is 18.1. The van der Waals surface area contributed by atoms with Crippen LogP contribution in [0, 0.1) is 17.6 Å². The van der Waals surface area contributed by atoms with Gasteiger partial charge in [0.25, 0.3) is 5.91 Å². The number of fused-ring (bicyclic) bond motifs is 1. The monoisotopic (exact) mass is 465 g/mol. The molecule has 0 saturated carbocycles. The Hall–Kier alpha value is -3.27. The molecule has 0 bridgehead atoms. The number of primary amides is 1. The largest absolute Gasteiger partial charge is 0.369 e. The fraction of sp³-hybridized carbons (Fsp3) is 0.273. The van der Waals surface area contributed by atoms with Crippen LogP contribution in [0.25, 0.3) is 10.9 Å². The molecule has 4 N–H and O–H groups in total. The Labute approximate surface area is 185 Å². The van der Waals surface area contributed by atoms with Crippen molar-refractivity contribution in [1.82, 2.24) is 10.3 Å². The van der Waals surface area contributed by atoms with Crippen molar-refractivity contribution >= 4 is 32.6 Å². The molecule has 0 aliphatic heterocycles. The molecule has 10 heteroatoms. The number of rotatable bonds is 8. The lowest BCUT2D eigenvalue weighted by Crippen LogP contribution is -2.42. The van der Waals surface area contributed by atoms with E-state index in [-0.39, 0.29) is 11.1 Å². The van der Waals surface area contributed by atoms with E-state index >= 15 is 0 Å². The van der Waals surface area contributed by atoms with Crippen molar-refractivity contribution in [2.45, 2.75) is 38.6 Å². The molecule has 0 spiro atoms. The van der Waals surface area contributed by atoms with E-state index in [1.54, 1.807) is 6.92 Å². The second-order valence-corrected chi connectivity index (χ2v) is 9.30. The van der Waals surface area contributed by atoms with Gasteiger partial charge in [0.1, 0.15) is 10.6 Å². The first-order valence-corrected chi connectivity index (χ1v) is 11.2. The molecule has 1 aromatic carbocycles. The minimum Gasteiger partial charge on any atom is -0.369 e. The number of nitrogens with one attached hydrogen (secondary N) is 2. The summed E-state index contributed by atoms with van der Waals surface area (Å²) in [4.78, 5) is 26.2. The van der Waals surface area contributed by atoms with Crippen molar-refractivity contribution in [3.63, 3.8) is 0 Å². The first kappa shape index (κ1) is 25.0. The first-order chi connectivity index (χ1) is 14.8. The van der Waals surface area contributed by atoms with Crippen LogP contribution in [0.15, 0.2) is 52.3 Å². The van der Waals surface area contributed by atoms with Gasteiger partial charge < -0.3 is 16.0 Å². The van der Waals surface area contributed by atoms with E-state index in [0.717, 1.165) is 17.5 Å². The van der Waals surface area contributed by atoms with Gasteiger partial charge in [-0.05, 0) is 38.5 Å². The van der Waals surface area contributed by atoms with Crippen molar-refractivity contribution in [1.29, 1.82) is 0 Å². The molecule has 32 heavy (non-hydrogen) atoms. The number of hydrogen-bond donors (Lipinski definition) is 3. The number of amides is 2. The highest BCUT2D eigenvalue weighted by Crippen LogP contribution is 2.32. The minimum absolute atomic E-state index is 0.0768. The second-order valence-electron chi connectivity index (χ2n) is 7.57. The van der Waals surface area contributed by atoms with Crippen LogP contribution in [0.3, 0.4) is 0 Å². The number of benzene rings is 1. The lowest BCUT2D eigenvalue weighted by atomic mass is 10.0. The van der Waals surface area contributed by atoms with E-state index in [9.17, 15) is 26.8 Å². The van der Waals surface area contributed by atoms with Gasteiger partial charge in [0.15, 0.2) is 11.6 Å². The topological polar surface area (TPSA) is 122 Å². The summed E-state index contributed by atoms with van der Waals surface area (Å²) >= 11 is 0. The summed E-state index contributed by atoms with van der Waals surface area (Å²) in [5.74, 6) is -5.01. The Kier molecular flexibility index (Phi) is 7.40. The molecule has 2 rings (SSSR count). The summed E-state index contributed by atoms with van der Waals surface area (Å²) in [7, 11) is -4.42. The Morgan fingerprint density at radius 2 is 1.81 bits per heavy atom. The zero-order chi connectivity index (χ0) is 24.4. The quantitative estimate of drug-likeness (QED) is 0.517. The van der Waals surface area contributed by atoms with E-state index in [2.05, 4.69) is 16.9 Å². The summed E-state index contributed by atoms with van der Waals surface area (Å²) in [6, 6.07) is 1.21. The number of aromatic nitrogens is 1. The number of carbonyl (C=O) groups is 2. The fourth-order valence-corrected chi connectivity index (χ4v) is 4.63. The zero-order valence-corrected chi connectivity index (χ0v) is 18.9. The number of H-pyrrole nitrogens is 1. The van der Waals surface area contributed by atoms with Crippen LogP contribution >= 0.6 is 0 Å². The molecule has 1 aromatic heterocycles. The van der Waals surface area contributed by atoms with E-state index in [0.29, 0.717) is 5.57 Å². The summed E-state index contributed by atoms with van der Waals surface area (Å²) in [5.41, 5.74) is 5.65. The highest BCUT2D eigenvalue weighted by Gasteiger charge is 2.31. The van der Waals surface area contributed by atoms with Crippen LogP contribution in [0.5, 0.6) is 0 Å². The van der Waals surface area contributed by atoms with Crippen LogP contribution in [0.2, 0.25) is 0 Å². The van der Waals surface area contributed by atoms with Crippen molar-refractivity contribution < 1.29 is 26.8 Å². The molecule has 7 nitrogen and oxygen atoms in total. The standard InChI is InChI=1S/C22H25F2N3O4S/c1-6-11(2)9-12(3)10-32(30,31)20-17-16(8-7-15(23)18(17)24)27-19(20)22(29)26-14(5)13(4)21(25)28/h6-10,13-14,27H,1H2,2-5H3,(H2,25,28)(H,26,29)/b11-9-,12-10-. The maximum Gasteiger partial charge on any atom is 0.269 e. The Morgan fingerprint density at radius 1 is 1.19 bits per heavy atom. The van der Waals surface area contributed by atoms with E-state index < -0.39 is 61.2 Å². The van der Waals surface area contributed by atoms with Crippen LogP contribution < -0.4 is 11.1 Å². The van der Waals surface area contributed by atoms with Gasteiger partial charge in [0.05, 0.1) is 16.8 Å². The number of nitrogens with two attached hydrogens (primary N) is 1. The Balaban J connectivity index is 2.74. The molecule has 0 aliphatic carbocycles. The van der Waals surface area contributed by atoms with Crippen molar-refractivity contribution in [2.75, 3.05) is 0 Å². The Bertz CT molecular complexity index is 1260. The molecule has 2 amide bonds. The number of halogens is 2. The van der Waals surface area contributed by atoms with Crippen LogP contribution in [0.4, 0.5) is 8.78 Å². The van der Waals surface area contributed by atoms with Gasteiger partial charge in [-0.25, -0.2) is 17.2 Å². The van der Waals surface area contributed by atoms with Gasteiger partial charge in [-0.1, -0.05) is 31.2 Å². The number of aromatic amines is 1. The van der Waals surface area contributed by atoms with E-state index in [1.807, 2.05) is 0 Å². The maximum atomic E-state index is 14.7. The van der Waals surface area contributed by atoms with E-state index in [1.165, 1.54) is 32.9 Å². The molecule has 2 atom stereocenters. The summed E-state index contributed by atoms with van der Waals surface area (Å²) in [5, 5.41) is 2.77. The SMILES string of the molecule is C=C/C(C)=C\C(C)=C/S(=O)(=O)c1c(C(=O)NC(C)C(C)C(N)=O)[nH]c2ccc(F)c(F)c12. The number of carbonyl (C=O) groups excluding carboxylic acids is 2. The normalized spacial score (nSPS) is 14.8. The Morgan fingerprint density at radius 3 is 2.38 bits per heavy atom. The maximum absolute atomic E-state index is 14.7. The molecule has 2 unspecified atom stereocenters. The number of hydrogen-bond acceptors (Lipinski definition) is 4. The molecular weight excluding hydrogens is 440 g/mol. The van der Waals surface area contributed by atoms with Crippen LogP contribution in [0.1, 0.15) is 38.2 Å². The molecule has 0 saturated heterocycles. The van der Waals surface area contributed by atoms with Crippen molar-refractivity contribution in [2.24, 2.45) is 11.7 Å². The highest BCUT2D eigenvalue weighted by atomic mass is 32.2. The van der Waals surface area contributed by atoms with Gasteiger partial charge in [0.2, 0.25) is 15.7 Å². The van der Waals surface area contributed by atoms with Gasteiger partial charge in [-0.15, -0.1) is 0 Å².